The van der Waals surface area contributed by atoms with Crippen molar-refractivity contribution in [3.05, 3.63) is 83.9 Å². The van der Waals surface area contributed by atoms with Crippen LogP contribution in [0.4, 0.5) is 4.39 Å². The summed E-state index contributed by atoms with van der Waals surface area (Å²) in [6.45, 7) is 4.09. The molecular weight excluding hydrogens is 363 g/mol. The van der Waals surface area contributed by atoms with Crippen molar-refractivity contribution in [3.8, 4) is 28.7 Å². The van der Waals surface area contributed by atoms with Gasteiger partial charge in [0.25, 0.3) is 0 Å². The molecule has 0 bridgehead atoms. The smallest absolute Gasteiger partial charge is 0.123 e. The summed E-state index contributed by atoms with van der Waals surface area (Å²) in [7, 11) is 0. The van der Waals surface area contributed by atoms with Gasteiger partial charge in [-0.05, 0) is 79.9 Å². The van der Waals surface area contributed by atoms with Gasteiger partial charge in [-0.3, -0.25) is 4.90 Å². The molecule has 1 fully saturated rings. The Hall–Kier alpha value is -3.16. The number of nitrogens with zero attached hydrogens (tertiary/aromatic N) is 2. The highest BCUT2D eigenvalue weighted by molar-refractivity contribution is 5.62. The number of hydrogen-bond donors (Lipinski definition) is 0. The maximum Gasteiger partial charge on any atom is 0.123 e. The van der Waals surface area contributed by atoms with Crippen molar-refractivity contribution < 1.29 is 9.13 Å². The lowest BCUT2D eigenvalue weighted by Gasteiger charge is -2.14. The molecule has 1 aliphatic rings. The molecule has 4 rings (SSSR count). The van der Waals surface area contributed by atoms with Gasteiger partial charge in [0.1, 0.15) is 23.9 Å². The highest BCUT2D eigenvalue weighted by Gasteiger charge is 2.10. The summed E-state index contributed by atoms with van der Waals surface area (Å²) in [6, 6.07) is 18.0. The fraction of sp³-hybridized carbons (Fsp3) is 0.240. The molecule has 0 saturated carbocycles. The average molecular weight is 386 g/mol. The Bertz CT molecular complexity index is 980. The predicted octanol–water partition coefficient (Wildman–Crippen LogP) is 4.76. The first-order chi connectivity index (χ1) is 14.3. The second-order valence-electron chi connectivity index (χ2n) is 7.11. The molecule has 0 radical (unpaired) electrons. The molecule has 1 aromatic heterocycles. The SMILES string of the molecule is Fc1ccc(-c2ccc(C#Cc3ccc(OCCN4CCCC4)cc3)nc2)cc1. The van der Waals surface area contributed by atoms with E-state index in [-0.39, 0.29) is 5.82 Å². The Labute approximate surface area is 171 Å². The zero-order valence-electron chi connectivity index (χ0n) is 16.3. The molecule has 2 aromatic carbocycles. The molecule has 1 aliphatic heterocycles. The molecule has 0 N–H and O–H groups in total. The maximum atomic E-state index is 13.0. The second kappa shape index (κ2) is 9.36. The van der Waals surface area contributed by atoms with Crippen LogP contribution < -0.4 is 4.74 Å². The Morgan fingerprint density at radius 3 is 2.28 bits per heavy atom. The van der Waals surface area contributed by atoms with E-state index in [0.29, 0.717) is 5.69 Å². The molecule has 0 amide bonds. The summed E-state index contributed by atoms with van der Waals surface area (Å²) in [5, 5.41) is 0. The molecule has 3 aromatic rings. The highest BCUT2D eigenvalue weighted by atomic mass is 19.1. The van der Waals surface area contributed by atoms with E-state index < -0.39 is 0 Å². The van der Waals surface area contributed by atoms with Crippen LogP contribution in [-0.4, -0.2) is 36.1 Å². The molecule has 0 spiro atoms. The van der Waals surface area contributed by atoms with Crippen LogP contribution in [0.3, 0.4) is 0 Å². The molecule has 146 valence electrons. The third-order valence-corrected chi connectivity index (χ3v) is 5.01. The summed E-state index contributed by atoms with van der Waals surface area (Å²) in [5.74, 6) is 6.84. The van der Waals surface area contributed by atoms with Crippen molar-refractivity contribution in [1.82, 2.24) is 9.88 Å². The fourth-order valence-corrected chi connectivity index (χ4v) is 3.35. The zero-order chi connectivity index (χ0) is 19.9. The molecule has 2 heterocycles. The molecule has 29 heavy (non-hydrogen) atoms. The molecular formula is C25H23FN2O. The summed E-state index contributed by atoms with van der Waals surface area (Å²) < 4.78 is 18.9. The molecule has 3 nitrogen and oxygen atoms in total. The van der Waals surface area contributed by atoms with Crippen molar-refractivity contribution in [3.63, 3.8) is 0 Å². The van der Waals surface area contributed by atoms with E-state index >= 15 is 0 Å². The zero-order valence-corrected chi connectivity index (χ0v) is 16.3. The largest absolute Gasteiger partial charge is 0.492 e. The van der Waals surface area contributed by atoms with Crippen LogP contribution in [0.15, 0.2) is 66.9 Å². The van der Waals surface area contributed by atoms with E-state index in [2.05, 4.69) is 21.7 Å². The standard InChI is InChI=1S/C25H23FN2O/c26-23-9-6-21(7-10-23)22-8-12-24(27-19-22)11-3-20-4-13-25(14-5-20)29-18-17-28-15-1-2-16-28/h4-10,12-14,19H,1-2,15-18H2. The van der Waals surface area contributed by atoms with Gasteiger partial charge in [-0.1, -0.05) is 24.1 Å². The van der Waals surface area contributed by atoms with Crippen molar-refractivity contribution in [2.24, 2.45) is 0 Å². The van der Waals surface area contributed by atoms with Crippen LogP contribution in [0.5, 0.6) is 5.75 Å². The summed E-state index contributed by atoms with van der Waals surface area (Å²) in [5.41, 5.74) is 3.48. The van der Waals surface area contributed by atoms with E-state index in [1.165, 1.54) is 38.1 Å². The van der Waals surface area contributed by atoms with E-state index in [9.17, 15) is 4.39 Å². The van der Waals surface area contributed by atoms with Gasteiger partial charge in [-0.2, -0.15) is 0 Å². The van der Waals surface area contributed by atoms with Crippen molar-refractivity contribution in [2.75, 3.05) is 26.2 Å². The lowest BCUT2D eigenvalue weighted by atomic mass is 10.1. The van der Waals surface area contributed by atoms with Crippen LogP contribution in [0.1, 0.15) is 24.1 Å². The molecule has 0 unspecified atom stereocenters. The number of halogens is 1. The first-order valence-electron chi connectivity index (χ1n) is 9.95. The lowest BCUT2D eigenvalue weighted by Crippen LogP contribution is -2.25. The summed E-state index contributed by atoms with van der Waals surface area (Å²) in [6.07, 6.45) is 4.36. The van der Waals surface area contributed by atoms with Gasteiger partial charge in [0.15, 0.2) is 0 Å². The number of aromatic nitrogens is 1. The summed E-state index contributed by atoms with van der Waals surface area (Å²) in [4.78, 5) is 6.83. The van der Waals surface area contributed by atoms with Crippen LogP contribution in [-0.2, 0) is 0 Å². The molecule has 0 aliphatic carbocycles. The van der Waals surface area contributed by atoms with Gasteiger partial charge in [0, 0.05) is 23.9 Å². The number of ether oxygens (including phenoxy) is 1. The van der Waals surface area contributed by atoms with E-state index in [1.54, 1.807) is 18.3 Å². The Morgan fingerprint density at radius 2 is 1.59 bits per heavy atom. The quantitative estimate of drug-likeness (QED) is 0.591. The van der Waals surface area contributed by atoms with Gasteiger partial charge in [0.2, 0.25) is 0 Å². The first-order valence-corrected chi connectivity index (χ1v) is 9.95. The van der Waals surface area contributed by atoms with Gasteiger partial charge in [-0.25, -0.2) is 9.37 Å². The number of rotatable bonds is 5. The number of likely N-dealkylation sites (tertiary alicyclic amines) is 1. The Kier molecular flexibility index (Phi) is 6.19. The minimum atomic E-state index is -0.243. The van der Waals surface area contributed by atoms with Gasteiger partial charge in [-0.15, -0.1) is 0 Å². The highest BCUT2D eigenvalue weighted by Crippen LogP contribution is 2.18. The van der Waals surface area contributed by atoms with E-state index in [4.69, 9.17) is 4.74 Å². The number of pyridine rings is 1. The second-order valence-corrected chi connectivity index (χ2v) is 7.11. The van der Waals surface area contributed by atoms with E-state index in [0.717, 1.165) is 35.6 Å². The minimum absolute atomic E-state index is 0.243. The molecule has 1 saturated heterocycles. The van der Waals surface area contributed by atoms with Crippen molar-refractivity contribution >= 4 is 0 Å². The minimum Gasteiger partial charge on any atom is -0.492 e. The van der Waals surface area contributed by atoms with Gasteiger partial charge < -0.3 is 4.74 Å². The van der Waals surface area contributed by atoms with Crippen LogP contribution in [0.25, 0.3) is 11.1 Å². The van der Waals surface area contributed by atoms with Gasteiger partial charge in [0.05, 0.1) is 0 Å². The Balaban J connectivity index is 1.32. The third kappa shape index (κ3) is 5.43. The normalized spacial score (nSPS) is 13.7. The van der Waals surface area contributed by atoms with Crippen LogP contribution in [0, 0.1) is 17.7 Å². The van der Waals surface area contributed by atoms with Gasteiger partial charge >= 0.3 is 0 Å². The topological polar surface area (TPSA) is 25.4 Å². The first kappa shape index (κ1) is 19.2. The summed E-state index contributed by atoms with van der Waals surface area (Å²) >= 11 is 0. The van der Waals surface area contributed by atoms with Crippen LogP contribution in [0.2, 0.25) is 0 Å². The van der Waals surface area contributed by atoms with Crippen molar-refractivity contribution in [2.45, 2.75) is 12.8 Å². The third-order valence-electron chi connectivity index (χ3n) is 5.01. The fourth-order valence-electron chi connectivity index (χ4n) is 3.35. The lowest BCUT2D eigenvalue weighted by molar-refractivity contribution is 0.238. The van der Waals surface area contributed by atoms with Crippen molar-refractivity contribution in [1.29, 1.82) is 0 Å². The Morgan fingerprint density at radius 1 is 0.862 bits per heavy atom. The average Bonchev–Trinajstić information content (AvgIpc) is 3.28. The number of benzene rings is 2. The van der Waals surface area contributed by atoms with E-state index in [1.807, 2.05) is 36.4 Å². The monoisotopic (exact) mass is 386 g/mol. The van der Waals surface area contributed by atoms with Crippen LogP contribution >= 0.6 is 0 Å². The molecule has 4 heteroatoms. The maximum absolute atomic E-state index is 13.0. The predicted molar refractivity (Wildman–Crippen MR) is 113 cm³/mol. The number of hydrogen-bond acceptors (Lipinski definition) is 3. The molecule has 0 atom stereocenters.